The third-order valence-electron chi connectivity index (χ3n) is 5.26. The lowest BCUT2D eigenvalue weighted by Gasteiger charge is -2.40. The van der Waals surface area contributed by atoms with Gasteiger partial charge in [0.15, 0.2) is 0 Å². The van der Waals surface area contributed by atoms with E-state index in [1.165, 1.54) is 43.1 Å². The van der Waals surface area contributed by atoms with Gasteiger partial charge in [-0.3, -0.25) is 0 Å². The van der Waals surface area contributed by atoms with E-state index in [2.05, 4.69) is 53.6 Å². The zero-order valence-electron chi connectivity index (χ0n) is 12.5. The summed E-state index contributed by atoms with van der Waals surface area (Å²) < 4.78 is 0. The van der Waals surface area contributed by atoms with E-state index >= 15 is 0 Å². The van der Waals surface area contributed by atoms with Gasteiger partial charge in [0, 0.05) is 42.5 Å². The number of thioether (sulfide) groups is 1. The Kier molecular flexibility index (Phi) is 3.23. The molecule has 2 atom stereocenters. The molecule has 1 fully saturated rings. The molecule has 0 unspecified atom stereocenters. The first-order valence-electron chi connectivity index (χ1n) is 8.02. The highest BCUT2D eigenvalue weighted by Gasteiger charge is 2.43. The van der Waals surface area contributed by atoms with Crippen molar-refractivity contribution in [3.63, 3.8) is 0 Å². The predicted octanol–water partition coefficient (Wildman–Crippen LogP) is 3.57. The summed E-state index contributed by atoms with van der Waals surface area (Å²) in [5, 5.41) is 0. The van der Waals surface area contributed by atoms with Crippen molar-refractivity contribution in [1.82, 2.24) is 4.90 Å². The topological polar surface area (TPSA) is 6.48 Å². The Balaban J connectivity index is 1.75. The number of benzene rings is 1. The SMILES string of the molecule is CC(C)N1CC[C@@H]2[C@H](C1)c1cccc3c1N2CCCS3. The van der Waals surface area contributed by atoms with E-state index in [-0.39, 0.29) is 0 Å². The molecule has 1 saturated heterocycles. The summed E-state index contributed by atoms with van der Waals surface area (Å²) in [6.07, 6.45) is 2.66. The normalized spacial score (nSPS) is 29.2. The van der Waals surface area contributed by atoms with Crippen LogP contribution in [-0.4, -0.2) is 42.4 Å². The second-order valence-electron chi connectivity index (χ2n) is 6.64. The van der Waals surface area contributed by atoms with Crippen LogP contribution in [-0.2, 0) is 0 Å². The molecule has 0 bridgehead atoms. The van der Waals surface area contributed by atoms with Crippen LogP contribution in [0.25, 0.3) is 0 Å². The maximum atomic E-state index is 2.76. The van der Waals surface area contributed by atoms with Gasteiger partial charge in [-0.05, 0) is 44.1 Å². The lowest BCUT2D eigenvalue weighted by atomic mass is 9.88. The molecule has 108 valence electrons. The molecule has 0 spiro atoms. The van der Waals surface area contributed by atoms with Crippen molar-refractivity contribution in [2.24, 2.45) is 0 Å². The Morgan fingerprint density at radius 3 is 3.00 bits per heavy atom. The van der Waals surface area contributed by atoms with Crippen LogP contribution >= 0.6 is 11.8 Å². The summed E-state index contributed by atoms with van der Waals surface area (Å²) in [4.78, 5) is 6.96. The van der Waals surface area contributed by atoms with Gasteiger partial charge in [0.2, 0.25) is 0 Å². The van der Waals surface area contributed by atoms with E-state index in [9.17, 15) is 0 Å². The minimum absolute atomic E-state index is 0.680. The van der Waals surface area contributed by atoms with E-state index in [0.29, 0.717) is 6.04 Å². The lowest BCUT2D eigenvalue weighted by Crippen LogP contribution is -2.48. The molecule has 0 amide bonds. The van der Waals surface area contributed by atoms with Crippen molar-refractivity contribution in [2.75, 3.05) is 30.3 Å². The van der Waals surface area contributed by atoms with Crippen molar-refractivity contribution in [2.45, 2.75) is 49.6 Å². The van der Waals surface area contributed by atoms with E-state index in [4.69, 9.17) is 0 Å². The number of piperidine rings is 1. The molecule has 0 saturated carbocycles. The molecule has 3 aliphatic rings. The zero-order chi connectivity index (χ0) is 13.7. The summed E-state index contributed by atoms with van der Waals surface area (Å²) in [7, 11) is 0. The predicted molar refractivity (Wildman–Crippen MR) is 87.0 cm³/mol. The third kappa shape index (κ3) is 1.90. The van der Waals surface area contributed by atoms with Gasteiger partial charge >= 0.3 is 0 Å². The highest BCUT2D eigenvalue weighted by Crippen LogP contribution is 2.50. The average Bonchev–Trinajstić information content (AvgIpc) is 2.63. The van der Waals surface area contributed by atoms with E-state index in [1.807, 2.05) is 0 Å². The monoisotopic (exact) mass is 288 g/mol. The van der Waals surface area contributed by atoms with Gasteiger partial charge in [0.1, 0.15) is 0 Å². The molecule has 0 radical (unpaired) electrons. The Labute approximate surface area is 126 Å². The Morgan fingerprint density at radius 1 is 1.25 bits per heavy atom. The maximum Gasteiger partial charge on any atom is 0.0543 e. The zero-order valence-corrected chi connectivity index (χ0v) is 13.3. The molecule has 0 aliphatic carbocycles. The fourth-order valence-corrected chi connectivity index (χ4v) is 5.28. The molecule has 2 nitrogen and oxygen atoms in total. The van der Waals surface area contributed by atoms with Crippen molar-refractivity contribution in [1.29, 1.82) is 0 Å². The first kappa shape index (κ1) is 13.0. The highest BCUT2D eigenvalue weighted by atomic mass is 32.2. The number of rotatable bonds is 1. The molecule has 20 heavy (non-hydrogen) atoms. The highest BCUT2D eigenvalue weighted by molar-refractivity contribution is 7.99. The second kappa shape index (κ2) is 4.96. The molecule has 3 heteroatoms. The third-order valence-corrected chi connectivity index (χ3v) is 6.39. The van der Waals surface area contributed by atoms with Gasteiger partial charge in [0.25, 0.3) is 0 Å². The minimum atomic E-state index is 0.680. The van der Waals surface area contributed by atoms with Crippen LogP contribution in [0, 0.1) is 0 Å². The van der Waals surface area contributed by atoms with Crippen molar-refractivity contribution < 1.29 is 0 Å². The van der Waals surface area contributed by atoms with E-state index in [0.717, 1.165) is 12.0 Å². The number of nitrogens with zero attached hydrogens (tertiary/aromatic N) is 2. The molecular weight excluding hydrogens is 264 g/mol. The van der Waals surface area contributed by atoms with Gasteiger partial charge in [-0.15, -0.1) is 11.8 Å². The van der Waals surface area contributed by atoms with E-state index < -0.39 is 0 Å². The molecule has 1 aromatic rings. The first-order valence-corrected chi connectivity index (χ1v) is 9.00. The number of hydrogen-bond donors (Lipinski definition) is 0. The average molecular weight is 288 g/mol. The Morgan fingerprint density at radius 2 is 2.15 bits per heavy atom. The summed E-state index contributed by atoms with van der Waals surface area (Å²) in [6, 6.07) is 8.45. The van der Waals surface area contributed by atoms with Gasteiger partial charge in [-0.1, -0.05) is 12.1 Å². The Hall–Kier alpha value is -0.670. The van der Waals surface area contributed by atoms with Crippen molar-refractivity contribution >= 4 is 17.4 Å². The van der Waals surface area contributed by atoms with Crippen LogP contribution in [0.3, 0.4) is 0 Å². The smallest absolute Gasteiger partial charge is 0.0543 e. The maximum absolute atomic E-state index is 2.76. The van der Waals surface area contributed by atoms with Crippen LogP contribution in [0.2, 0.25) is 0 Å². The molecule has 3 heterocycles. The summed E-state index contributed by atoms with van der Waals surface area (Å²) in [5.41, 5.74) is 3.22. The molecule has 4 rings (SSSR count). The van der Waals surface area contributed by atoms with Gasteiger partial charge in [-0.2, -0.15) is 0 Å². The number of anilines is 1. The first-order chi connectivity index (χ1) is 9.75. The van der Waals surface area contributed by atoms with Crippen LogP contribution in [0.1, 0.15) is 38.2 Å². The molecule has 1 aromatic carbocycles. The van der Waals surface area contributed by atoms with Crippen LogP contribution in [0.4, 0.5) is 5.69 Å². The van der Waals surface area contributed by atoms with Crippen molar-refractivity contribution in [3.05, 3.63) is 23.8 Å². The summed E-state index contributed by atoms with van der Waals surface area (Å²) in [6.45, 7) is 8.46. The standard InChI is InChI=1S/C17H24N2S/c1-12(2)18-9-7-15-14(11-18)13-5-3-6-16-17(13)19(15)8-4-10-20-16/h3,5-6,12,14-15H,4,7-11H2,1-2H3/t14-,15-/m1/s1. The fourth-order valence-electron chi connectivity index (χ4n) is 4.24. The second-order valence-corrected chi connectivity index (χ2v) is 7.78. The van der Waals surface area contributed by atoms with Crippen LogP contribution in [0.15, 0.2) is 23.1 Å². The number of likely N-dealkylation sites (tertiary alicyclic amines) is 1. The fraction of sp³-hybridized carbons (Fsp3) is 0.647. The van der Waals surface area contributed by atoms with Gasteiger partial charge < -0.3 is 9.80 Å². The van der Waals surface area contributed by atoms with Crippen LogP contribution in [0.5, 0.6) is 0 Å². The molecule has 0 aromatic heterocycles. The lowest BCUT2D eigenvalue weighted by molar-refractivity contribution is 0.156. The van der Waals surface area contributed by atoms with Gasteiger partial charge in [-0.25, -0.2) is 0 Å². The summed E-state index contributed by atoms with van der Waals surface area (Å²) in [5.74, 6) is 2.02. The van der Waals surface area contributed by atoms with Crippen LogP contribution < -0.4 is 4.90 Å². The quantitative estimate of drug-likeness (QED) is 0.780. The van der Waals surface area contributed by atoms with E-state index in [1.54, 1.807) is 11.3 Å². The molecule has 0 N–H and O–H groups in total. The molecular formula is C17H24N2S. The number of para-hydroxylation sites is 1. The minimum Gasteiger partial charge on any atom is -0.367 e. The van der Waals surface area contributed by atoms with Crippen molar-refractivity contribution in [3.8, 4) is 0 Å². The molecule has 3 aliphatic heterocycles. The number of hydrogen-bond acceptors (Lipinski definition) is 3. The Bertz CT molecular complexity index is 514. The largest absolute Gasteiger partial charge is 0.367 e. The summed E-state index contributed by atoms with van der Waals surface area (Å²) >= 11 is 2.06. The number of fused-ring (bicyclic) bond motifs is 3. The van der Waals surface area contributed by atoms with Gasteiger partial charge in [0.05, 0.1) is 5.69 Å².